The number of hydrogen-bond donors (Lipinski definition) is 1. The van der Waals surface area contributed by atoms with Crippen molar-refractivity contribution in [3.05, 3.63) is 51.0 Å². The molecule has 0 spiro atoms. The molecule has 1 unspecified atom stereocenters. The molecule has 0 radical (unpaired) electrons. The Balaban J connectivity index is 2.08. The van der Waals surface area contributed by atoms with E-state index in [1.807, 2.05) is 4.57 Å². The van der Waals surface area contributed by atoms with Crippen molar-refractivity contribution in [2.75, 3.05) is 6.61 Å². The molecule has 1 N–H and O–H groups in total. The highest BCUT2D eigenvalue weighted by Crippen LogP contribution is 2.39. The number of carbonyl (C=O) groups is 1. The van der Waals surface area contributed by atoms with E-state index in [1.165, 1.54) is 0 Å². The van der Waals surface area contributed by atoms with Crippen molar-refractivity contribution in [3.8, 4) is 0 Å². The smallest absolute Gasteiger partial charge is 0.358 e. The van der Waals surface area contributed by atoms with Crippen molar-refractivity contribution in [1.82, 2.24) is 9.55 Å². The van der Waals surface area contributed by atoms with E-state index in [2.05, 4.69) is 20.9 Å². The number of aliphatic hydroxyl groups excluding tert-OH is 1. The van der Waals surface area contributed by atoms with E-state index in [4.69, 9.17) is 16.3 Å². The predicted molar refractivity (Wildman–Crippen MR) is 94.3 cm³/mol. The maximum absolute atomic E-state index is 12.3. The minimum Gasteiger partial charge on any atom is -0.461 e. The first-order valence-corrected chi connectivity index (χ1v) is 9.08. The van der Waals surface area contributed by atoms with Crippen LogP contribution in [0.1, 0.15) is 60.1 Å². The van der Waals surface area contributed by atoms with Gasteiger partial charge >= 0.3 is 5.97 Å². The molecule has 1 aromatic carbocycles. The molecule has 3 rings (SSSR count). The third-order valence-corrected chi connectivity index (χ3v) is 5.07. The van der Waals surface area contributed by atoms with E-state index in [0.717, 1.165) is 19.3 Å². The number of hydrogen-bond acceptors (Lipinski definition) is 4. The number of rotatable bonds is 5. The first kappa shape index (κ1) is 17.5. The number of ether oxygens (including phenoxy) is 1. The van der Waals surface area contributed by atoms with Crippen molar-refractivity contribution in [2.24, 2.45) is 0 Å². The van der Waals surface area contributed by atoms with E-state index in [-0.39, 0.29) is 18.3 Å². The third kappa shape index (κ3) is 3.23. The molecule has 7 heteroatoms. The zero-order chi connectivity index (χ0) is 17.3. The summed E-state index contributed by atoms with van der Waals surface area (Å²) in [5, 5.41) is 11.5. The minimum absolute atomic E-state index is 0.151. The van der Waals surface area contributed by atoms with Crippen molar-refractivity contribution in [3.63, 3.8) is 0 Å². The Morgan fingerprint density at radius 1 is 1.46 bits per heavy atom. The second-order valence-electron chi connectivity index (χ2n) is 5.74. The van der Waals surface area contributed by atoms with Gasteiger partial charge in [-0.2, -0.15) is 0 Å². The van der Waals surface area contributed by atoms with Gasteiger partial charge in [0.25, 0.3) is 0 Å². The molecular weight excluding hydrogens is 396 g/mol. The van der Waals surface area contributed by atoms with Gasteiger partial charge in [0.1, 0.15) is 6.10 Å². The van der Waals surface area contributed by atoms with Gasteiger partial charge in [0.2, 0.25) is 0 Å². The van der Waals surface area contributed by atoms with Crippen LogP contribution in [0, 0.1) is 0 Å². The summed E-state index contributed by atoms with van der Waals surface area (Å²) in [5.74, 6) is -0.528. The second-order valence-corrected chi connectivity index (χ2v) is 6.89. The van der Waals surface area contributed by atoms with Gasteiger partial charge < -0.3 is 14.4 Å². The lowest BCUT2D eigenvalue weighted by Gasteiger charge is -2.30. The number of imidazole rings is 1. The van der Waals surface area contributed by atoms with Crippen LogP contribution in [0.25, 0.3) is 0 Å². The highest BCUT2D eigenvalue weighted by Gasteiger charge is 2.33. The average Bonchev–Trinajstić information content (AvgIpc) is 2.84. The number of aliphatic hydroxyl groups is 1. The molecule has 0 bridgehead atoms. The average molecular weight is 414 g/mol. The first-order chi connectivity index (χ1) is 11.5. The summed E-state index contributed by atoms with van der Waals surface area (Å²) >= 11 is 9.35. The van der Waals surface area contributed by atoms with Crippen molar-refractivity contribution >= 4 is 33.5 Å². The van der Waals surface area contributed by atoms with E-state index >= 15 is 0 Å². The number of benzene rings is 1. The van der Waals surface area contributed by atoms with Gasteiger partial charge in [-0.1, -0.05) is 23.7 Å². The van der Waals surface area contributed by atoms with Crippen molar-refractivity contribution < 1.29 is 14.6 Å². The lowest BCUT2D eigenvalue weighted by Crippen LogP contribution is -2.22. The molecule has 1 heterocycles. The summed E-state index contributed by atoms with van der Waals surface area (Å²) in [7, 11) is 0. The molecule has 0 aliphatic heterocycles. The Kier molecular flexibility index (Phi) is 5.27. The molecule has 1 atom stereocenters. The van der Waals surface area contributed by atoms with Crippen molar-refractivity contribution in [2.45, 2.75) is 38.3 Å². The van der Waals surface area contributed by atoms with Crippen LogP contribution in [0.2, 0.25) is 5.02 Å². The fraction of sp³-hybridized carbons (Fsp3) is 0.412. The molecule has 1 fully saturated rings. The Bertz CT molecular complexity index is 741. The maximum atomic E-state index is 12.3. The topological polar surface area (TPSA) is 64.3 Å². The summed E-state index contributed by atoms with van der Waals surface area (Å²) in [6, 6.07) is 7.14. The summed E-state index contributed by atoms with van der Waals surface area (Å²) in [6.07, 6.45) is 2.14. The molecule has 1 aliphatic rings. The van der Waals surface area contributed by atoms with Crippen LogP contribution >= 0.6 is 27.5 Å². The standard InChI is InChI=1S/C17H18BrClN2O3/c1-2-24-16(23)13-14(15(22)10-6-8-11(19)9-7-10)21(17(18)20-13)12-4-3-5-12/h6-9,12,15,22H,2-5H2,1H3. The highest BCUT2D eigenvalue weighted by molar-refractivity contribution is 9.10. The zero-order valence-electron chi connectivity index (χ0n) is 13.2. The summed E-state index contributed by atoms with van der Waals surface area (Å²) in [5.41, 5.74) is 1.27. The lowest BCUT2D eigenvalue weighted by atomic mass is 9.92. The van der Waals surface area contributed by atoms with Gasteiger partial charge in [0.05, 0.1) is 12.3 Å². The third-order valence-electron chi connectivity index (χ3n) is 4.26. The van der Waals surface area contributed by atoms with Crippen LogP contribution in [0.3, 0.4) is 0 Å². The zero-order valence-corrected chi connectivity index (χ0v) is 15.5. The van der Waals surface area contributed by atoms with Crippen LogP contribution in [0.5, 0.6) is 0 Å². The normalized spacial score (nSPS) is 15.8. The van der Waals surface area contributed by atoms with E-state index in [1.54, 1.807) is 31.2 Å². The molecule has 1 aromatic heterocycles. The lowest BCUT2D eigenvalue weighted by molar-refractivity contribution is 0.0513. The van der Waals surface area contributed by atoms with Gasteiger partial charge in [-0.15, -0.1) is 0 Å². The van der Waals surface area contributed by atoms with Gasteiger partial charge in [-0.25, -0.2) is 9.78 Å². The Hall–Kier alpha value is -1.37. The quantitative estimate of drug-likeness (QED) is 0.743. The van der Waals surface area contributed by atoms with E-state index in [9.17, 15) is 9.90 Å². The van der Waals surface area contributed by atoms with Gasteiger partial charge in [-0.3, -0.25) is 0 Å². The number of aromatic nitrogens is 2. The minimum atomic E-state index is -0.985. The molecule has 1 aliphatic carbocycles. The molecule has 1 saturated carbocycles. The molecule has 128 valence electrons. The fourth-order valence-electron chi connectivity index (χ4n) is 2.82. The van der Waals surface area contributed by atoms with E-state index in [0.29, 0.717) is 21.0 Å². The van der Waals surface area contributed by atoms with Crippen LogP contribution < -0.4 is 0 Å². The Morgan fingerprint density at radius 3 is 2.67 bits per heavy atom. The van der Waals surface area contributed by atoms with Crippen LogP contribution in [-0.4, -0.2) is 27.2 Å². The van der Waals surface area contributed by atoms with Crippen LogP contribution in [0.15, 0.2) is 29.0 Å². The molecule has 2 aromatic rings. The number of nitrogens with zero attached hydrogens (tertiary/aromatic N) is 2. The predicted octanol–water partition coefficient (Wildman–Crippen LogP) is 4.28. The number of halogens is 2. The Morgan fingerprint density at radius 2 is 2.12 bits per heavy atom. The largest absolute Gasteiger partial charge is 0.461 e. The molecule has 24 heavy (non-hydrogen) atoms. The highest BCUT2D eigenvalue weighted by atomic mass is 79.9. The fourth-order valence-corrected chi connectivity index (χ4v) is 3.61. The molecular formula is C17H18BrClN2O3. The maximum Gasteiger partial charge on any atom is 0.358 e. The monoisotopic (exact) mass is 412 g/mol. The van der Waals surface area contributed by atoms with Crippen molar-refractivity contribution in [1.29, 1.82) is 0 Å². The van der Waals surface area contributed by atoms with Crippen LogP contribution in [-0.2, 0) is 4.74 Å². The first-order valence-electron chi connectivity index (χ1n) is 7.91. The summed E-state index contributed by atoms with van der Waals surface area (Å²) < 4.78 is 7.56. The molecule has 5 nitrogen and oxygen atoms in total. The van der Waals surface area contributed by atoms with Crippen LogP contribution in [0.4, 0.5) is 0 Å². The summed E-state index contributed by atoms with van der Waals surface area (Å²) in [6.45, 7) is 1.99. The van der Waals surface area contributed by atoms with Gasteiger partial charge in [0, 0.05) is 11.1 Å². The Labute approximate surface area is 153 Å². The summed E-state index contributed by atoms with van der Waals surface area (Å²) in [4.78, 5) is 16.6. The van der Waals surface area contributed by atoms with E-state index < -0.39 is 12.1 Å². The second kappa shape index (κ2) is 7.25. The van der Waals surface area contributed by atoms with Gasteiger partial charge in [-0.05, 0) is 59.8 Å². The number of esters is 1. The SMILES string of the molecule is CCOC(=O)c1nc(Br)n(C2CCC2)c1C(O)c1ccc(Cl)cc1. The van der Waals surface area contributed by atoms with Gasteiger partial charge in [0.15, 0.2) is 10.4 Å². The molecule has 0 amide bonds. The molecule has 0 saturated heterocycles. The number of carbonyl (C=O) groups excluding carboxylic acids is 1.